The van der Waals surface area contributed by atoms with Crippen LogP contribution in [-0.2, 0) is 9.53 Å². The lowest BCUT2D eigenvalue weighted by Gasteiger charge is -2.55. The Morgan fingerprint density at radius 3 is 2.50 bits per heavy atom. The Kier molecular flexibility index (Phi) is 5.08. The van der Waals surface area contributed by atoms with E-state index in [9.17, 15) is 4.79 Å². The highest BCUT2D eigenvalue weighted by Gasteiger charge is 2.56. The number of piperidine rings is 1. The summed E-state index contributed by atoms with van der Waals surface area (Å²) in [5, 5.41) is 3.94. The van der Waals surface area contributed by atoms with Crippen molar-refractivity contribution in [2.75, 3.05) is 19.7 Å². The molecule has 0 unspecified atom stereocenters. The minimum atomic E-state index is 0.311. The molecule has 4 heteroatoms. The van der Waals surface area contributed by atoms with E-state index in [1.807, 2.05) is 11.8 Å². The third-order valence-corrected chi connectivity index (χ3v) is 6.27. The minimum Gasteiger partial charge on any atom is -0.378 e. The van der Waals surface area contributed by atoms with Crippen LogP contribution in [0.5, 0.6) is 0 Å². The maximum Gasteiger partial charge on any atom is 0.222 e. The molecule has 0 radical (unpaired) electrons. The summed E-state index contributed by atoms with van der Waals surface area (Å²) in [5.41, 5.74) is 0.423. The second-order valence-electron chi connectivity index (χ2n) is 7.35. The molecule has 0 aromatic carbocycles. The van der Waals surface area contributed by atoms with E-state index in [0.717, 1.165) is 32.5 Å². The van der Waals surface area contributed by atoms with Gasteiger partial charge in [-0.3, -0.25) is 4.79 Å². The predicted octanol–water partition coefficient (Wildman–Crippen LogP) is 2.71. The molecule has 0 aromatic rings. The summed E-state index contributed by atoms with van der Waals surface area (Å²) in [6.45, 7) is 6.77. The molecule has 1 aliphatic heterocycles. The van der Waals surface area contributed by atoms with Crippen LogP contribution >= 0.6 is 0 Å². The Morgan fingerprint density at radius 2 is 1.91 bits per heavy atom. The average molecular weight is 308 g/mol. The fourth-order valence-electron chi connectivity index (χ4n) is 4.92. The van der Waals surface area contributed by atoms with Crippen molar-refractivity contribution in [1.82, 2.24) is 10.2 Å². The molecule has 0 bridgehead atoms. The first-order valence-corrected chi connectivity index (χ1v) is 9.35. The number of hydrogen-bond donors (Lipinski definition) is 1. The van der Waals surface area contributed by atoms with Gasteiger partial charge in [-0.05, 0) is 39.0 Å². The summed E-state index contributed by atoms with van der Waals surface area (Å²) in [6.07, 6.45) is 9.93. The van der Waals surface area contributed by atoms with Crippen LogP contribution in [0, 0.1) is 5.41 Å². The number of carbonyl (C=O) groups excluding carboxylic acids is 1. The quantitative estimate of drug-likeness (QED) is 0.849. The summed E-state index contributed by atoms with van der Waals surface area (Å²) < 4.78 is 6.01. The van der Waals surface area contributed by atoms with E-state index in [4.69, 9.17) is 4.74 Å². The molecule has 2 atom stereocenters. The molecule has 1 amide bonds. The van der Waals surface area contributed by atoms with Crippen LogP contribution in [0.2, 0.25) is 0 Å². The van der Waals surface area contributed by atoms with Crippen LogP contribution in [-0.4, -0.2) is 48.7 Å². The Bertz CT molecular complexity index is 385. The molecule has 1 spiro atoms. The van der Waals surface area contributed by atoms with Gasteiger partial charge in [-0.25, -0.2) is 0 Å². The van der Waals surface area contributed by atoms with E-state index in [0.29, 0.717) is 35.9 Å². The lowest BCUT2D eigenvalue weighted by molar-refractivity contribution is -0.136. The van der Waals surface area contributed by atoms with E-state index < -0.39 is 0 Å². The van der Waals surface area contributed by atoms with Gasteiger partial charge in [-0.15, -0.1) is 0 Å². The summed E-state index contributed by atoms with van der Waals surface area (Å²) >= 11 is 0. The lowest BCUT2D eigenvalue weighted by Crippen LogP contribution is -2.65. The zero-order valence-electron chi connectivity index (χ0n) is 14.3. The van der Waals surface area contributed by atoms with Crippen molar-refractivity contribution in [2.24, 2.45) is 5.41 Å². The first-order valence-electron chi connectivity index (χ1n) is 9.35. The lowest BCUT2D eigenvalue weighted by atomic mass is 9.60. The van der Waals surface area contributed by atoms with Crippen molar-refractivity contribution in [3.05, 3.63) is 0 Å². The minimum absolute atomic E-state index is 0.311. The molecule has 2 aliphatic carbocycles. The Labute approximate surface area is 135 Å². The zero-order chi connectivity index (χ0) is 15.6. The van der Waals surface area contributed by atoms with E-state index in [2.05, 4.69) is 12.2 Å². The number of carbonyl (C=O) groups is 1. The molecule has 1 heterocycles. The molecule has 1 saturated heterocycles. The predicted molar refractivity (Wildman–Crippen MR) is 87.7 cm³/mol. The van der Waals surface area contributed by atoms with Gasteiger partial charge in [0.2, 0.25) is 5.91 Å². The molecule has 0 aromatic heterocycles. The second kappa shape index (κ2) is 6.88. The van der Waals surface area contributed by atoms with Crippen molar-refractivity contribution in [2.45, 2.75) is 83.4 Å². The van der Waals surface area contributed by atoms with Crippen LogP contribution in [0.3, 0.4) is 0 Å². The van der Waals surface area contributed by atoms with Crippen LogP contribution < -0.4 is 5.32 Å². The number of rotatable bonds is 5. The van der Waals surface area contributed by atoms with Gasteiger partial charge in [0.05, 0.1) is 6.10 Å². The number of amides is 1. The second-order valence-corrected chi connectivity index (χ2v) is 7.35. The number of ether oxygens (including phenoxy) is 1. The molecule has 1 N–H and O–H groups in total. The maximum atomic E-state index is 11.8. The third kappa shape index (κ3) is 2.92. The first-order chi connectivity index (χ1) is 10.7. The SMILES string of the molecule is CCO[C@@H]1C[C@@H](NC2CCN(C(=O)CC)CC2)C12CCCC2. The van der Waals surface area contributed by atoms with Gasteiger partial charge in [0.1, 0.15) is 0 Å². The summed E-state index contributed by atoms with van der Waals surface area (Å²) in [5.74, 6) is 0.311. The molecular formula is C18H32N2O2. The van der Waals surface area contributed by atoms with Crippen molar-refractivity contribution in [1.29, 1.82) is 0 Å². The molecule has 2 saturated carbocycles. The fourth-order valence-corrected chi connectivity index (χ4v) is 4.92. The van der Waals surface area contributed by atoms with E-state index in [1.165, 1.54) is 32.1 Å². The Morgan fingerprint density at radius 1 is 1.23 bits per heavy atom. The van der Waals surface area contributed by atoms with Crippen LogP contribution in [0.4, 0.5) is 0 Å². The highest BCUT2D eigenvalue weighted by atomic mass is 16.5. The van der Waals surface area contributed by atoms with E-state index in [-0.39, 0.29) is 0 Å². The van der Waals surface area contributed by atoms with E-state index >= 15 is 0 Å². The first kappa shape index (κ1) is 16.3. The van der Waals surface area contributed by atoms with Crippen molar-refractivity contribution in [3.63, 3.8) is 0 Å². The average Bonchev–Trinajstić information content (AvgIpc) is 3.06. The van der Waals surface area contributed by atoms with Crippen molar-refractivity contribution >= 4 is 5.91 Å². The summed E-state index contributed by atoms with van der Waals surface area (Å²) in [4.78, 5) is 13.8. The topological polar surface area (TPSA) is 41.6 Å². The van der Waals surface area contributed by atoms with Gasteiger partial charge >= 0.3 is 0 Å². The number of hydrogen-bond acceptors (Lipinski definition) is 3. The van der Waals surface area contributed by atoms with Crippen LogP contribution in [0.1, 0.15) is 65.2 Å². The number of nitrogens with one attached hydrogen (secondary N) is 1. The standard InChI is InChI=1S/C18H32N2O2/c1-3-17(21)20-11-7-14(8-12-20)19-15-13-16(22-4-2)18(15)9-5-6-10-18/h14-16,19H,3-13H2,1-2H3/t15-,16-/m1/s1. The highest BCUT2D eigenvalue weighted by Crippen LogP contribution is 2.55. The smallest absolute Gasteiger partial charge is 0.222 e. The summed E-state index contributed by atoms with van der Waals surface area (Å²) in [6, 6.07) is 1.23. The summed E-state index contributed by atoms with van der Waals surface area (Å²) in [7, 11) is 0. The van der Waals surface area contributed by atoms with Gasteiger partial charge in [-0.2, -0.15) is 0 Å². The highest BCUT2D eigenvalue weighted by molar-refractivity contribution is 5.75. The Balaban J connectivity index is 1.51. The third-order valence-electron chi connectivity index (χ3n) is 6.27. The van der Waals surface area contributed by atoms with Gasteiger partial charge < -0.3 is 15.0 Å². The maximum absolute atomic E-state index is 11.8. The van der Waals surface area contributed by atoms with Gasteiger partial charge in [0, 0.05) is 43.6 Å². The zero-order valence-corrected chi connectivity index (χ0v) is 14.3. The normalized spacial score (nSPS) is 31.5. The molecule has 3 fully saturated rings. The fraction of sp³-hybridized carbons (Fsp3) is 0.944. The molecule has 3 aliphatic rings. The molecular weight excluding hydrogens is 276 g/mol. The van der Waals surface area contributed by atoms with Crippen LogP contribution in [0.25, 0.3) is 0 Å². The van der Waals surface area contributed by atoms with Gasteiger partial charge in [0.15, 0.2) is 0 Å². The molecule has 4 nitrogen and oxygen atoms in total. The van der Waals surface area contributed by atoms with E-state index in [1.54, 1.807) is 0 Å². The molecule has 126 valence electrons. The van der Waals surface area contributed by atoms with Gasteiger partial charge in [0.25, 0.3) is 0 Å². The monoisotopic (exact) mass is 308 g/mol. The molecule has 22 heavy (non-hydrogen) atoms. The molecule has 3 rings (SSSR count). The van der Waals surface area contributed by atoms with Gasteiger partial charge in [-0.1, -0.05) is 19.8 Å². The largest absolute Gasteiger partial charge is 0.378 e. The Hall–Kier alpha value is -0.610. The number of nitrogens with zero attached hydrogens (tertiary/aromatic N) is 1. The van der Waals surface area contributed by atoms with Crippen LogP contribution in [0.15, 0.2) is 0 Å². The van der Waals surface area contributed by atoms with Crippen molar-refractivity contribution in [3.8, 4) is 0 Å². The van der Waals surface area contributed by atoms with Crippen molar-refractivity contribution < 1.29 is 9.53 Å². The number of likely N-dealkylation sites (tertiary alicyclic amines) is 1.